The summed E-state index contributed by atoms with van der Waals surface area (Å²) < 4.78 is 10.6. The third-order valence-electron chi connectivity index (χ3n) is 6.23. The van der Waals surface area contributed by atoms with E-state index in [2.05, 4.69) is 53.8 Å². The lowest BCUT2D eigenvalue weighted by Crippen LogP contribution is -2.36. The summed E-state index contributed by atoms with van der Waals surface area (Å²) >= 11 is 0. The van der Waals surface area contributed by atoms with Crippen LogP contribution in [0.1, 0.15) is 29.0 Å². The van der Waals surface area contributed by atoms with Crippen LogP contribution in [0.2, 0.25) is 0 Å². The highest BCUT2D eigenvalue weighted by molar-refractivity contribution is 5.89. The van der Waals surface area contributed by atoms with Gasteiger partial charge in [-0.3, -0.25) is 0 Å². The van der Waals surface area contributed by atoms with E-state index in [-0.39, 0.29) is 11.9 Å². The fraction of sp³-hybridized carbons (Fsp3) is 0.194. The Labute approximate surface area is 213 Å². The van der Waals surface area contributed by atoms with Crippen LogP contribution in [-0.4, -0.2) is 31.7 Å². The van der Waals surface area contributed by atoms with Crippen molar-refractivity contribution < 1.29 is 14.3 Å². The van der Waals surface area contributed by atoms with Crippen molar-refractivity contribution in [3.05, 3.63) is 126 Å². The number of rotatable bonds is 10. The highest BCUT2D eigenvalue weighted by atomic mass is 16.5. The van der Waals surface area contributed by atoms with Gasteiger partial charge in [0.05, 0.1) is 14.2 Å². The van der Waals surface area contributed by atoms with Crippen molar-refractivity contribution in [1.82, 2.24) is 4.90 Å². The van der Waals surface area contributed by atoms with Crippen LogP contribution in [0, 0.1) is 0 Å². The first-order valence-electron chi connectivity index (χ1n) is 12.1. The summed E-state index contributed by atoms with van der Waals surface area (Å²) in [6.45, 7) is 1.06. The second-order valence-electron chi connectivity index (χ2n) is 8.59. The molecule has 0 aliphatic heterocycles. The Bertz CT molecular complexity index is 1190. The van der Waals surface area contributed by atoms with Gasteiger partial charge in [0.2, 0.25) is 0 Å². The number of benzene rings is 4. The molecule has 0 aromatic heterocycles. The Morgan fingerprint density at radius 3 is 1.94 bits per heavy atom. The predicted molar refractivity (Wildman–Crippen MR) is 145 cm³/mol. The van der Waals surface area contributed by atoms with Gasteiger partial charge in [0.25, 0.3) is 0 Å². The Morgan fingerprint density at radius 1 is 0.750 bits per heavy atom. The monoisotopic (exact) mass is 480 g/mol. The molecule has 0 fully saturated rings. The van der Waals surface area contributed by atoms with Gasteiger partial charge in [0.15, 0.2) is 0 Å². The van der Waals surface area contributed by atoms with E-state index in [0.717, 1.165) is 17.7 Å². The highest BCUT2D eigenvalue weighted by Gasteiger charge is 2.20. The van der Waals surface area contributed by atoms with Crippen LogP contribution in [0.5, 0.6) is 11.5 Å². The van der Waals surface area contributed by atoms with Gasteiger partial charge in [-0.05, 0) is 47.4 Å². The Balaban J connectivity index is 1.56. The van der Waals surface area contributed by atoms with E-state index in [1.807, 2.05) is 65.6 Å². The molecule has 0 aliphatic carbocycles. The van der Waals surface area contributed by atoms with E-state index in [1.54, 1.807) is 14.2 Å². The number of carbonyl (C=O) groups excluding carboxylic acids is 1. The average molecular weight is 481 g/mol. The molecule has 36 heavy (non-hydrogen) atoms. The fourth-order valence-corrected chi connectivity index (χ4v) is 4.29. The van der Waals surface area contributed by atoms with Gasteiger partial charge in [-0.1, -0.05) is 78.9 Å². The van der Waals surface area contributed by atoms with Crippen molar-refractivity contribution in [3.8, 4) is 11.5 Å². The van der Waals surface area contributed by atoms with Crippen molar-refractivity contribution in [2.24, 2.45) is 0 Å². The Morgan fingerprint density at radius 2 is 1.36 bits per heavy atom. The van der Waals surface area contributed by atoms with Gasteiger partial charge >= 0.3 is 6.03 Å². The van der Waals surface area contributed by atoms with Crippen molar-refractivity contribution in [2.45, 2.75) is 18.9 Å². The van der Waals surface area contributed by atoms with Gasteiger partial charge in [0.1, 0.15) is 11.5 Å². The maximum atomic E-state index is 13.5. The molecule has 2 amide bonds. The van der Waals surface area contributed by atoms with Crippen molar-refractivity contribution in [3.63, 3.8) is 0 Å². The normalized spacial score (nSPS) is 10.6. The molecule has 0 heterocycles. The molecule has 4 aromatic carbocycles. The van der Waals surface area contributed by atoms with Crippen molar-refractivity contribution in [2.75, 3.05) is 26.1 Å². The minimum Gasteiger partial charge on any atom is -0.497 e. The summed E-state index contributed by atoms with van der Waals surface area (Å²) in [5, 5.41) is 3.05. The Kier molecular flexibility index (Phi) is 8.60. The zero-order valence-corrected chi connectivity index (χ0v) is 20.8. The quantitative estimate of drug-likeness (QED) is 0.267. The number of ether oxygens (including phenoxy) is 2. The molecule has 0 saturated heterocycles. The molecule has 1 N–H and O–H groups in total. The van der Waals surface area contributed by atoms with Crippen LogP contribution >= 0.6 is 0 Å². The van der Waals surface area contributed by atoms with Crippen LogP contribution in [0.15, 0.2) is 109 Å². The standard InChI is InChI=1S/C31H32N2O3/c1-35-28-18-16-24(17-19-28)23-33(31(34)32-27-14-9-15-29(22-27)36-2)21-20-30(25-10-5-3-6-11-25)26-12-7-4-8-13-26/h3-19,22,30H,20-21,23H2,1-2H3,(H,32,34). The molecule has 0 bridgehead atoms. The van der Waals surface area contributed by atoms with Crippen LogP contribution in [0.4, 0.5) is 10.5 Å². The summed E-state index contributed by atoms with van der Waals surface area (Å²) in [5.74, 6) is 1.66. The summed E-state index contributed by atoms with van der Waals surface area (Å²) in [5.41, 5.74) is 4.21. The second kappa shape index (κ2) is 12.5. The first kappa shape index (κ1) is 24.9. The number of hydrogen-bond donors (Lipinski definition) is 1. The van der Waals surface area contributed by atoms with E-state index in [4.69, 9.17) is 9.47 Å². The molecule has 0 unspecified atom stereocenters. The molecular formula is C31H32N2O3. The van der Waals surface area contributed by atoms with Crippen LogP contribution in [-0.2, 0) is 6.54 Å². The zero-order valence-electron chi connectivity index (χ0n) is 20.8. The molecule has 184 valence electrons. The number of urea groups is 1. The minimum absolute atomic E-state index is 0.154. The average Bonchev–Trinajstić information content (AvgIpc) is 2.94. The molecule has 0 radical (unpaired) electrons. The molecule has 5 nitrogen and oxygen atoms in total. The van der Waals surface area contributed by atoms with Crippen LogP contribution < -0.4 is 14.8 Å². The lowest BCUT2D eigenvalue weighted by molar-refractivity contribution is 0.207. The van der Waals surface area contributed by atoms with E-state index < -0.39 is 0 Å². The van der Waals surface area contributed by atoms with Gasteiger partial charge in [0, 0.05) is 30.8 Å². The number of nitrogens with zero attached hydrogens (tertiary/aromatic N) is 1. The van der Waals surface area contributed by atoms with Crippen LogP contribution in [0.25, 0.3) is 0 Å². The minimum atomic E-state index is -0.154. The topological polar surface area (TPSA) is 50.8 Å². The third-order valence-corrected chi connectivity index (χ3v) is 6.23. The second-order valence-corrected chi connectivity index (χ2v) is 8.59. The molecule has 5 heteroatoms. The van der Waals surface area contributed by atoms with E-state index in [9.17, 15) is 4.79 Å². The number of anilines is 1. The van der Waals surface area contributed by atoms with Gasteiger partial charge in [-0.25, -0.2) is 4.79 Å². The zero-order chi connectivity index (χ0) is 25.2. The first-order chi connectivity index (χ1) is 17.7. The smallest absolute Gasteiger partial charge is 0.322 e. The predicted octanol–water partition coefficient (Wildman–Crippen LogP) is 6.96. The SMILES string of the molecule is COc1ccc(CN(CCC(c2ccccc2)c2ccccc2)C(=O)Nc2cccc(OC)c2)cc1. The van der Waals surface area contributed by atoms with Gasteiger partial charge in [-0.2, -0.15) is 0 Å². The summed E-state index contributed by atoms with van der Waals surface area (Å²) in [6.07, 6.45) is 0.787. The van der Waals surface area contributed by atoms with Crippen LogP contribution in [0.3, 0.4) is 0 Å². The van der Waals surface area contributed by atoms with Crippen molar-refractivity contribution in [1.29, 1.82) is 0 Å². The lowest BCUT2D eigenvalue weighted by Gasteiger charge is -2.26. The third kappa shape index (κ3) is 6.66. The summed E-state index contributed by atoms with van der Waals surface area (Å²) in [7, 11) is 3.26. The molecule has 0 atom stereocenters. The molecule has 0 spiro atoms. The molecular weight excluding hydrogens is 448 g/mol. The van der Waals surface area contributed by atoms with Gasteiger partial charge < -0.3 is 19.7 Å². The first-order valence-corrected chi connectivity index (χ1v) is 12.1. The maximum absolute atomic E-state index is 13.5. The molecule has 0 aliphatic rings. The van der Waals surface area contributed by atoms with Gasteiger partial charge in [-0.15, -0.1) is 0 Å². The summed E-state index contributed by atoms with van der Waals surface area (Å²) in [4.78, 5) is 15.3. The number of carbonyl (C=O) groups is 1. The Hall–Kier alpha value is -4.25. The number of methoxy groups -OCH3 is 2. The number of nitrogens with one attached hydrogen (secondary N) is 1. The number of amides is 2. The number of hydrogen-bond acceptors (Lipinski definition) is 3. The van der Waals surface area contributed by atoms with E-state index >= 15 is 0 Å². The highest BCUT2D eigenvalue weighted by Crippen LogP contribution is 2.29. The largest absolute Gasteiger partial charge is 0.497 e. The van der Waals surface area contributed by atoms with E-state index in [0.29, 0.717) is 24.5 Å². The molecule has 4 aromatic rings. The van der Waals surface area contributed by atoms with E-state index in [1.165, 1.54) is 11.1 Å². The lowest BCUT2D eigenvalue weighted by atomic mass is 9.88. The van der Waals surface area contributed by atoms with Crippen molar-refractivity contribution >= 4 is 11.7 Å². The molecule has 4 rings (SSSR count). The molecule has 0 saturated carbocycles. The maximum Gasteiger partial charge on any atom is 0.322 e. The summed E-state index contributed by atoms with van der Waals surface area (Å²) in [6, 6.07) is 36.0. The fourth-order valence-electron chi connectivity index (χ4n) is 4.29.